The number of anilines is 2. The summed E-state index contributed by atoms with van der Waals surface area (Å²) in [6.07, 6.45) is 3.83. The highest BCUT2D eigenvalue weighted by Crippen LogP contribution is 2.38. The Balaban J connectivity index is 1.38. The summed E-state index contributed by atoms with van der Waals surface area (Å²) in [5, 5.41) is 10.7. The van der Waals surface area contributed by atoms with Gasteiger partial charge in [0.05, 0.1) is 19.2 Å². The molecule has 2 N–H and O–H groups in total. The molecule has 0 radical (unpaired) electrons. The van der Waals surface area contributed by atoms with E-state index in [2.05, 4.69) is 32.8 Å². The van der Waals surface area contributed by atoms with Gasteiger partial charge in [-0.25, -0.2) is 9.07 Å². The fraction of sp³-hybridized carbons (Fsp3) is 0.148. The number of halogens is 1. The quantitative estimate of drug-likeness (QED) is 0.378. The van der Waals surface area contributed by atoms with Crippen molar-refractivity contribution in [3.63, 3.8) is 0 Å². The highest BCUT2D eigenvalue weighted by Gasteiger charge is 2.31. The Bertz CT molecular complexity index is 1330. The van der Waals surface area contributed by atoms with E-state index in [0.717, 1.165) is 22.4 Å². The second-order valence-electron chi connectivity index (χ2n) is 8.21. The molecule has 0 saturated carbocycles. The minimum atomic E-state index is -0.346. The summed E-state index contributed by atoms with van der Waals surface area (Å²) in [5.74, 6) is 0.836. The molecule has 0 aliphatic carbocycles. The Kier molecular flexibility index (Phi) is 6.26. The third-order valence-corrected chi connectivity index (χ3v) is 5.92. The number of carbonyl (C=O) groups excluding carboxylic acids is 1. The van der Waals surface area contributed by atoms with Gasteiger partial charge in [-0.15, -0.1) is 5.10 Å². The molecule has 35 heavy (non-hydrogen) atoms. The van der Waals surface area contributed by atoms with Crippen LogP contribution in [0.15, 0.2) is 84.9 Å². The highest BCUT2D eigenvalue weighted by molar-refractivity contribution is 6.00. The van der Waals surface area contributed by atoms with E-state index in [4.69, 9.17) is 4.74 Å². The molecule has 3 aromatic carbocycles. The standard InChI is InChI=1S/C27H24FN5O2/c1-35-22-14-7-18(8-15-22)9-16-25(34)30-26-31-27-29-23(19-5-3-2-4-6-19)17-24(33(27)32-26)20-10-12-21(28)13-11-20/h2-16,23-24H,17H2,1H3,(H2,29,30,31,32,34)/b16-9+/t23-,24+/m1/s1. The molecule has 176 valence electrons. The van der Waals surface area contributed by atoms with Crippen molar-refractivity contribution in [1.82, 2.24) is 14.8 Å². The third kappa shape index (κ3) is 5.06. The Labute approximate surface area is 202 Å². The Morgan fingerprint density at radius 3 is 2.51 bits per heavy atom. The summed E-state index contributed by atoms with van der Waals surface area (Å²) in [4.78, 5) is 17.0. The molecule has 0 fully saturated rings. The molecule has 1 aliphatic heterocycles. The monoisotopic (exact) mass is 469 g/mol. The second-order valence-corrected chi connectivity index (χ2v) is 8.21. The summed E-state index contributed by atoms with van der Waals surface area (Å²) in [6, 6.07) is 23.6. The molecule has 8 heteroatoms. The van der Waals surface area contributed by atoms with E-state index in [1.165, 1.54) is 18.2 Å². The zero-order valence-electron chi connectivity index (χ0n) is 19.1. The number of hydrogen-bond acceptors (Lipinski definition) is 5. The van der Waals surface area contributed by atoms with Gasteiger partial charge in [0.25, 0.3) is 11.9 Å². The first-order chi connectivity index (χ1) is 17.1. The number of amides is 1. The predicted molar refractivity (Wildman–Crippen MR) is 133 cm³/mol. The first-order valence-electron chi connectivity index (χ1n) is 11.3. The van der Waals surface area contributed by atoms with Gasteiger partial charge in [0, 0.05) is 6.08 Å². The Morgan fingerprint density at radius 1 is 1.06 bits per heavy atom. The van der Waals surface area contributed by atoms with E-state index in [1.54, 1.807) is 30.0 Å². The predicted octanol–water partition coefficient (Wildman–Crippen LogP) is 5.22. The van der Waals surface area contributed by atoms with Crippen LogP contribution in [0, 0.1) is 5.82 Å². The first kappa shape index (κ1) is 22.3. The Hall–Kier alpha value is -4.46. The van der Waals surface area contributed by atoms with Crippen molar-refractivity contribution < 1.29 is 13.9 Å². The van der Waals surface area contributed by atoms with Gasteiger partial charge in [0.1, 0.15) is 11.6 Å². The smallest absolute Gasteiger partial charge is 0.250 e. The van der Waals surface area contributed by atoms with Crippen LogP contribution < -0.4 is 15.4 Å². The lowest BCUT2D eigenvalue weighted by molar-refractivity contribution is -0.111. The molecule has 0 saturated heterocycles. The van der Waals surface area contributed by atoms with Gasteiger partial charge in [-0.2, -0.15) is 4.98 Å². The molecular formula is C27H24FN5O2. The van der Waals surface area contributed by atoms with Crippen LogP contribution in [0.5, 0.6) is 5.75 Å². The van der Waals surface area contributed by atoms with Crippen molar-refractivity contribution in [1.29, 1.82) is 0 Å². The molecule has 1 amide bonds. The second kappa shape index (κ2) is 9.80. The fourth-order valence-electron chi connectivity index (χ4n) is 4.14. The molecular weight excluding hydrogens is 445 g/mol. The third-order valence-electron chi connectivity index (χ3n) is 5.92. The van der Waals surface area contributed by atoms with Crippen molar-refractivity contribution in [3.8, 4) is 5.75 Å². The van der Waals surface area contributed by atoms with Crippen LogP contribution in [0.4, 0.5) is 16.3 Å². The highest BCUT2D eigenvalue weighted by atomic mass is 19.1. The van der Waals surface area contributed by atoms with Crippen LogP contribution in [0.1, 0.15) is 35.2 Å². The van der Waals surface area contributed by atoms with E-state index in [0.29, 0.717) is 12.4 Å². The molecule has 7 nitrogen and oxygen atoms in total. The number of carbonyl (C=O) groups is 1. The molecule has 0 bridgehead atoms. The summed E-state index contributed by atoms with van der Waals surface area (Å²) in [5.41, 5.74) is 2.89. The van der Waals surface area contributed by atoms with Crippen LogP contribution in [0.25, 0.3) is 6.08 Å². The molecule has 2 atom stereocenters. The normalized spacial score (nSPS) is 17.0. The molecule has 4 aromatic rings. The van der Waals surface area contributed by atoms with Crippen molar-refractivity contribution in [2.24, 2.45) is 0 Å². The average Bonchev–Trinajstić information content (AvgIpc) is 3.30. The van der Waals surface area contributed by atoms with Gasteiger partial charge in [0.15, 0.2) is 0 Å². The van der Waals surface area contributed by atoms with Crippen molar-refractivity contribution in [3.05, 3.63) is 107 Å². The number of rotatable bonds is 6. The zero-order valence-corrected chi connectivity index (χ0v) is 19.1. The lowest BCUT2D eigenvalue weighted by atomic mass is 9.93. The van der Waals surface area contributed by atoms with Crippen LogP contribution >= 0.6 is 0 Å². The number of fused-ring (bicyclic) bond motifs is 1. The van der Waals surface area contributed by atoms with Crippen molar-refractivity contribution in [2.45, 2.75) is 18.5 Å². The van der Waals surface area contributed by atoms with E-state index in [9.17, 15) is 9.18 Å². The molecule has 2 heterocycles. The van der Waals surface area contributed by atoms with E-state index in [-0.39, 0.29) is 29.8 Å². The topological polar surface area (TPSA) is 81.1 Å². The van der Waals surface area contributed by atoms with Crippen LogP contribution in [-0.4, -0.2) is 27.8 Å². The minimum Gasteiger partial charge on any atom is -0.497 e. The molecule has 1 aliphatic rings. The van der Waals surface area contributed by atoms with Gasteiger partial charge >= 0.3 is 0 Å². The molecule has 0 unspecified atom stereocenters. The van der Waals surface area contributed by atoms with E-state index in [1.807, 2.05) is 42.5 Å². The maximum absolute atomic E-state index is 13.6. The lowest BCUT2D eigenvalue weighted by Gasteiger charge is -2.31. The summed E-state index contributed by atoms with van der Waals surface area (Å²) in [6.45, 7) is 0. The van der Waals surface area contributed by atoms with Crippen LogP contribution in [0.2, 0.25) is 0 Å². The number of hydrogen-bond donors (Lipinski definition) is 2. The number of methoxy groups -OCH3 is 1. The maximum Gasteiger partial charge on any atom is 0.250 e. The minimum absolute atomic E-state index is 0.0125. The average molecular weight is 470 g/mol. The summed E-state index contributed by atoms with van der Waals surface area (Å²) >= 11 is 0. The summed E-state index contributed by atoms with van der Waals surface area (Å²) in [7, 11) is 1.60. The molecule has 0 spiro atoms. The molecule has 5 rings (SSSR count). The van der Waals surface area contributed by atoms with Gasteiger partial charge in [0.2, 0.25) is 5.95 Å². The lowest BCUT2D eigenvalue weighted by Crippen LogP contribution is -2.28. The zero-order chi connectivity index (χ0) is 24.2. The number of benzene rings is 3. The maximum atomic E-state index is 13.6. The number of nitrogens with one attached hydrogen (secondary N) is 2. The van der Waals surface area contributed by atoms with Crippen molar-refractivity contribution in [2.75, 3.05) is 17.7 Å². The van der Waals surface area contributed by atoms with E-state index < -0.39 is 0 Å². The Morgan fingerprint density at radius 2 is 1.80 bits per heavy atom. The first-order valence-corrected chi connectivity index (χ1v) is 11.3. The number of aromatic nitrogens is 3. The van der Waals surface area contributed by atoms with E-state index >= 15 is 0 Å². The summed E-state index contributed by atoms with van der Waals surface area (Å²) < 4.78 is 20.5. The van der Waals surface area contributed by atoms with Gasteiger partial charge < -0.3 is 10.1 Å². The fourth-order valence-corrected chi connectivity index (χ4v) is 4.14. The van der Waals surface area contributed by atoms with Gasteiger partial charge in [-0.05, 0) is 53.5 Å². The SMILES string of the molecule is COc1ccc(/C=C/C(=O)Nc2nc3n(n2)[C@H](c2ccc(F)cc2)C[C@H](c2ccccc2)N3)cc1. The van der Waals surface area contributed by atoms with Crippen LogP contribution in [0.3, 0.4) is 0 Å². The van der Waals surface area contributed by atoms with Crippen molar-refractivity contribution >= 4 is 23.9 Å². The number of nitrogens with zero attached hydrogens (tertiary/aromatic N) is 3. The van der Waals surface area contributed by atoms with Gasteiger partial charge in [-0.3, -0.25) is 10.1 Å². The number of ether oxygens (including phenoxy) is 1. The van der Waals surface area contributed by atoms with Crippen LogP contribution in [-0.2, 0) is 4.79 Å². The van der Waals surface area contributed by atoms with Gasteiger partial charge in [-0.1, -0.05) is 54.6 Å². The largest absolute Gasteiger partial charge is 0.497 e. The molecule has 1 aromatic heterocycles.